The van der Waals surface area contributed by atoms with Crippen LogP contribution in [0, 0.1) is 0 Å². The van der Waals surface area contributed by atoms with Gasteiger partial charge in [-0.3, -0.25) is 4.79 Å². The highest BCUT2D eigenvalue weighted by atomic mass is 16.4. The zero-order valence-corrected chi connectivity index (χ0v) is 12.8. The van der Waals surface area contributed by atoms with Gasteiger partial charge in [0.15, 0.2) is 0 Å². The molecule has 6 nitrogen and oxygen atoms in total. The first-order valence-corrected chi connectivity index (χ1v) is 7.54. The molecule has 122 valence electrons. The van der Waals surface area contributed by atoms with E-state index in [1.54, 1.807) is 0 Å². The van der Waals surface area contributed by atoms with Crippen LogP contribution in [-0.2, 0) is 11.2 Å². The minimum absolute atomic E-state index is 0.228. The van der Waals surface area contributed by atoms with Gasteiger partial charge >= 0.3 is 6.09 Å². The molecule has 0 saturated heterocycles. The van der Waals surface area contributed by atoms with Crippen molar-refractivity contribution in [2.24, 2.45) is 5.73 Å². The Labute approximate surface area is 134 Å². The summed E-state index contributed by atoms with van der Waals surface area (Å²) in [5.74, 6) is -0.228. The molecular weight excluding hydrogens is 294 g/mol. The van der Waals surface area contributed by atoms with Gasteiger partial charge < -0.3 is 21.5 Å². The van der Waals surface area contributed by atoms with Crippen molar-refractivity contribution in [3.8, 4) is 0 Å². The smallest absolute Gasteiger partial charge is 0.404 e. The van der Waals surface area contributed by atoms with Gasteiger partial charge in [0.25, 0.3) is 0 Å². The van der Waals surface area contributed by atoms with Crippen LogP contribution in [-0.4, -0.2) is 36.2 Å². The quantitative estimate of drug-likeness (QED) is 0.581. The Morgan fingerprint density at radius 2 is 1.74 bits per heavy atom. The summed E-state index contributed by atoms with van der Waals surface area (Å²) in [6.45, 7) is 0.695. The van der Waals surface area contributed by atoms with Gasteiger partial charge in [-0.05, 0) is 29.2 Å². The molecule has 0 aliphatic heterocycles. The number of rotatable bonds is 7. The van der Waals surface area contributed by atoms with Crippen molar-refractivity contribution in [3.63, 3.8) is 0 Å². The highest BCUT2D eigenvalue weighted by Crippen LogP contribution is 2.16. The first-order chi connectivity index (χ1) is 11.1. The zero-order valence-electron chi connectivity index (χ0n) is 12.8. The van der Waals surface area contributed by atoms with Gasteiger partial charge in [0.2, 0.25) is 5.91 Å². The lowest BCUT2D eigenvalue weighted by molar-refractivity contribution is -0.122. The van der Waals surface area contributed by atoms with Gasteiger partial charge in [0, 0.05) is 13.1 Å². The summed E-state index contributed by atoms with van der Waals surface area (Å²) in [5, 5.41) is 15.7. The van der Waals surface area contributed by atoms with Crippen molar-refractivity contribution in [2.75, 3.05) is 13.1 Å². The van der Waals surface area contributed by atoms with E-state index in [1.807, 2.05) is 42.5 Å². The molecule has 0 aliphatic rings. The van der Waals surface area contributed by atoms with Crippen molar-refractivity contribution in [1.82, 2.24) is 10.6 Å². The van der Waals surface area contributed by atoms with Crippen LogP contribution in [0.3, 0.4) is 0 Å². The van der Waals surface area contributed by atoms with Crippen molar-refractivity contribution < 1.29 is 14.7 Å². The first-order valence-electron chi connectivity index (χ1n) is 7.54. The third-order valence-electron chi connectivity index (χ3n) is 3.54. The Kier molecular flexibility index (Phi) is 5.94. The van der Waals surface area contributed by atoms with Gasteiger partial charge in [-0.2, -0.15) is 0 Å². The van der Waals surface area contributed by atoms with Crippen LogP contribution in [0.1, 0.15) is 12.0 Å². The highest BCUT2D eigenvalue weighted by molar-refractivity contribution is 5.84. The number of hydrogen-bond acceptors (Lipinski definition) is 3. The molecule has 2 amide bonds. The van der Waals surface area contributed by atoms with E-state index in [1.165, 1.54) is 0 Å². The molecule has 0 unspecified atom stereocenters. The third-order valence-corrected chi connectivity index (χ3v) is 3.54. The van der Waals surface area contributed by atoms with Gasteiger partial charge in [0.1, 0.15) is 0 Å². The molecule has 0 fully saturated rings. The molecule has 1 atom stereocenters. The minimum Gasteiger partial charge on any atom is -0.465 e. The summed E-state index contributed by atoms with van der Waals surface area (Å²) < 4.78 is 0. The Morgan fingerprint density at radius 1 is 1.04 bits per heavy atom. The number of carboxylic acid groups (broad SMARTS) is 1. The van der Waals surface area contributed by atoms with E-state index in [2.05, 4.69) is 10.6 Å². The molecule has 2 aromatic carbocycles. The van der Waals surface area contributed by atoms with Gasteiger partial charge in [-0.1, -0.05) is 42.5 Å². The van der Waals surface area contributed by atoms with E-state index in [4.69, 9.17) is 10.8 Å². The Balaban J connectivity index is 1.81. The predicted octanol–water partition coefficient (Wildman–Crippen LogP) is 1.48. The molecule has 0 aromatic heterocycles. The van der Waals surface area contributed by atoms with E-state index in [9.17, 15) is 9.59 Å². The minimum atomic E-state index is -1.07. The van der Waals surface area contributed by atoms with Crippen LogP contribution >= 0.6 is 0 Å². The summed E-state index contributed by atoms with van der Waals surface area (Å²) in [7, 11) is 0. The molecule has 0 saturated carbocycles. The summed E-state index contributed by atoms with van der Waals surface area (Å²) in [5.41, 5.74) is 6.95. The highest BCUT2D eigenvalue weighted by Gasteiger charge is 2.13. The molecule has 5 N–H and O–H groups in total. The van der Waals surface area contributed by atoms with E-state index in [-0.39, 0.29) is 5.91 Å². The van der Waals surface area contributed by atoms with Crippen LogP contribution in [0.2, 0.25) is 0 Å². The molecule has 0 heterocycles. The van der Waals surface area contributed by atoms with Crippen molar-refractivity contribution in [3.05, 3.63) is 48.0 Å². The fourth-order valence-corrected chi connectivity index (χ4v) is 2.34. The maximum Gasteiger partial charge on any atom is 0.404 e. The second-order valence-electron chi connectivity index (χ2n) is 5.37. The first kappa shape index (κ1) is 16.8. The number of fused-ring (bicyclic) bond motifs is 1. The van der Waals surface area contributed by atoms with Gasteiger partial charge in [0.05, 0.1) is 6.04 Å². The molecule has 0 bridgehead atoms. The number of nitrogens with one attached hydrogen (secondary N) is 2. The topological polar surface area (TPSA) is 104 Å². The summed E-state index contributed by atoms with van der Waals surface area (Å²) >= 11 is 0. The van der Waals surface area contributed by atoms with Gasteiger partial charge in [-0.15, -0.1) is 0 Å². The lowest BCUT2D eigenvalue weighted by Crippen LogP contribution is -2.42. The number of amides is 2. The molecule has 0 spiro atoms. The monoisotopic (exact) mass is 315 g/mol. The summed E-state index contributed by atoms with van der Waals surface area (Å²) in [6, 6.07) is 13.4. The number of benzene rings is 2. The average molecular weight is 315 g/mol. The van der Waals surface area contributed by atoms with Crippen molar-refractivity contribution in [1.29, 1.82) is 0 Å². The lowest BCUT2D eigenvalue weighted by Gasteiger charge is -2.13. The van der Waals surface area contributed by atoms with Crippen molar-refractivity contribution >= 4 is 22.8 Å². The normalized spacial score (nSPS) is 11.9. The Bertz CT molecular complexity index is 688. The van der Waals surface area contributed by atoms with Crippen molar-refractivity contribution in [2.45, 2.75) is 18.9 Å². The van der Waals surface area contributed by atoms with E-state index in [0.717, 1.165) is 16.3 Å². The number of nitrogens with two attached hydrogens (primary N) is 1. The van der Waals surface area contributed by atoms with Gasteiger partial charge in [-0.25, -0.2) is 4.79 Å². The largest absolute Gasteiger partial charge is 0.465 e. The molecule has 0 aliphatic carbocycles. The second kappa shape index (κ2) is 8.14. The molecule has 0 radical (unpaired) electrons. The SMILES string of the molecule is N[C@H](Cc1ccc2ccccc2c1)C(=O)NCCCNC(=O)O. The fourth-order valence-electron chi connectivity index (χ4n) is 2.34. The number of hydrogen-bond donors (Lipinski definition) is 4. The predicted molar refractivity (Wildman–Crippen MR) is 89.3 cm³/mol. The number of carbonyl (C=O) groups excluding carboxylic acids is 1. The van der Waals surface area contributed by atoms with E-state index in [0.29, 0.717) is 25.9 Å². The zero-order chi connectivity index (χ0) is 16.7. The molecule has 2 aromatic rings. The van der Waals surface area contributed by atoms with Crippen LogP contribution in [0.25, 0.3) is 10.8 Å². The van der Waals surface area contributed by atoms with E-state index >= 15 is 0 Å². The maximum absolute atomic E-state index is 11.9. The summed E-state index contributed by atoms with van der Waals surface area (Å²) in [6.07, 6.45) is -0.0746. The molecule has 6 heteroatoms. The second-order valence-corrected chi connectivity index (χ2v) is 5.37. The number of carbonyl (C=O) groups is 2. The van der Waals surface area contributed by atoms with Crippen LogP contribution in [0.5, 0.6) is 0 Å². The van der Waals surface area contributed by atoms with Crippen LogP contribution in [0.15, 0.2) is 42.5 Å². The lowest BCUT2D eigenvalue weighted by atomic mass is 10.0. The summed E-state index contributed by atoms with van der Waals surface area (Å²) in [4.78, 5) is 22.2. The molecule has 2 rings (SSSR count). The van der Waals surface area contributed by atoms with E-state index < -0.39 is 12.1 Å². The van der Waals surface area contributed by atoms with Crippen LogP contribution < -0.4 is 16.4 Å². The third kappa shape index (κ3) is 5.27. The average Bonchev–Trinajstić information content (AvgIpc) is 2.54. The van der Waals surface area contributed by atoms with Crippen LogP contribution in [0.4, 0.5) is 4.79 Å². The fraction of sp³-hybridized carbons (Fsp3) is 0.294. The Hall–Kier alpha value is -2.60. The molecule has 23 heavy (non-hydrogen) atoms. The Morgan fingerprint density at radius 3 is 2.48 bits per heavy atom. The standard InChI is InChI=1S/C17H21N3O3/c18-15(16(21)19-8-3-9-20-17(22)23)11-12-6-7-13-4-1-2-5-14(13)10-12/h1-2,4-7,10,15,20H,3,8-9,11,18H2,(H,19,21)(H,22,23)/t15-/m1/s1. The maximum atomic E-state index is 11.9. The molecular formula is C17H21N3O3.